The van der Waals surface area contributed by atoms with Gasteiger partial charge in [-0.25, -0.2) is 14.3 Å². The number of β-lactam (4-membered cyclic amide) rings is 1. The molecule has 0 saturated carbocycles. The second-order valence-electron chi connectivity index (χ2n) is 7.68. The summed E-state index contributed by atoms with van der Waals surface area (Å²) in [7, 11) is 0. The number of fused-ring (bicyclic) bond motifs is 1. The number of carbonyl (C=O) groups is 4. The molecule has 2 aromatic rings. The molecule has 0 spiro atoms. The highest BCUT2D eigenvalue weighted by molar-refractivity contribution is 8.01. The van der Waals surface area contributed by atoms with Gasteiger partial charge in [-0.15, -0.1) is 16.9 Å². The third-order valence-corrected chi connectivity index (χ3v) is 7.83. The molecule has 4 atom stereocenters. The molecular formula is C20H20N6O7S2. The first-order valence-electron chi connectivity index (χ1n) is 10.3. The monoisotopic (exact) mass is 520 g/mol. The highest BCUT2D eigenvalue weighted by Gasteiger charge is 2.54. The lowest BCUT2D eigenvalue weighted by Crippen LogP contribution is -2.70. The van der Waals surface area contributed by atoms with Crippen molar-refractivity contribution in [3.8, 4) is 0 Å². The van der Waals surface area contributed by atoms with Gasteiger partial charge in [0.15, 0.2) is 12.1 Å². The molecule has 2 aliphatic heterocycles. The number of hydrogen-bond donors (Lipinski definition) is 4. The minimum Gasteiger partial charge on any atom is -0.480 e. The van der Waals surface area contributed by atoms with Crippen molar-refractivity contribution in [2.45, 2.75) is 35.6 Å². The van der Waals surface area contributed by atoms with Gasteiger partial charge in [0.25, 0.3) is 11.8 Å². The maximum absolute atomic E-state index is 12.8. The number of rotatable bonds is 9. The van der Waals surface area contributed by atoms with E-state index in [1.54, 1.807) is 30.3 Å². The molecule has 2 unspecified atom stereocenters. The van der Waals surface area contributed by atoms with Gasteiger partial charge in [0.2, 0.25) is 5.16 Å². The van der Waals surface area contributed by atoms with Gasteiger partial charge in [-0.1, -0.05) is 42.1 Å². The Kier molecular flexibility index (Phi) is 7.09. The molecule has 35 heavy (non-hydrogen) atoms. The maximum Gasteiger partial charge on any atom is 0.352 e. The summed E-state index contributed by atoms with van der Waals surface area (Å²) in [5.74, 6) is -3.41. The molecule has 0 aliphatic carbocycles. The van der Waals surface area contributed by atoms with Crippen molar-refractivity contribution in [3.63, 3.8) is 0 Å². The number of aliphatic hydroxyl groups is 1. The number of carboxylic acids is 2. The minimum absolute atomic E-state index is 0.113. The quantitative estimate of drug-likeness (QED) is 0.254. The fourth-order valence-electron chi connectivity index (χ4n) is 3.59. The van der Waals surface area contributed by atoms with Gasteiger partial charge in [0.05, 0.1) is 0 Å². The molecule has 1 fully saturated rings. The highest BCUT2D eigenvalue weighted by atomic mass is 32.2. The fraction of sp³-hybridized carbons (Fsp3) is 0.350. The van der Waals surface area contributed by atoms with Crippen molar-refractivity contribution in [3.05, 3.63) is 47.2 Å². The Morgan fingerprint density at radius 2 is 1.97 bits per heavy atom. The largest absolute Gasteiger partial charge is 0.480 e. The van der Waals surface area contributed by atoms with E-state index in [0.717, 1.165) is 21.3 Å². The van der Waals surface area contributed by atoms with E-state index in [0.29, 0.717) is 11.1 Å². The zero-order chi connectivity index (χ0) is 25.3. The Morgan fingerprint density at radius 1 is 1.26 bits per heavy atom. The summed E-state index contributed by atoms with van der Waals surface area (Å²) in [4.78, 5) is 49.7. The van der Waals surface area contributed by atoms with Crippen molar-refractivity contribution >= 4 is 47.3 Å². The smallest absolute Gasteiger partial charge is 0.352 e. The van der Waals surface area contributed by atoms with Crippen LogP contribution in [0.1, 0.15) is 24.6 Å². The number of carbonyl (C=O) groups excluding carboxylic acids is 2. The van der Waals surface area contributed by atoms with Crippen LogP contribution in [0.4, 0.5) is 0 Å². The lowest BCUT2D eigenvalue weighted by Gasteiger charge is -2.49. The van der Waals surface area contributed by atoms with Gasteiger partial charge in [-0.3, -0.25) is 14.5 Å². The van der Waals surface area contributed by atoms with Crippen LogP contribution in [0.3, 0.4) is 0 Å². The van der Waals surface area contributed by atoms with Gasteiger partial charge in [0, 0.05) is 11.5 Å². The molecular weight excluding hydrogens is 500 g/mol. The first-order chi connectivity index (χ1) is 16.7. The van der Waals surface area contributed by atoms with Gasteiger partial charge in [-0.2, -0.15) is 0 Å². The van der Waals surface area contributed by atoms with E-state index in [1.807, 2.05) is 0 Å². The van der Waals surface area contributed by atoms with Crippen molar-refractivity contribution < 1.29 is 34.5 Å². The molecule has 0 bridgehead atoms. The number of tetrazole rings is 1. The number of amides is 2. The van der Waals surface area contributed by atoms with Crippen LogP contribution < -0.4 is 5.32 Å². The fourth-order valence-corrected chi connectivity index (χ4v) is 6.03. The highest BCUT2D eigenvalue weighted by Crippen LogP contribution is 2.41. The second-order valence-corrected chi connectivity index (χ2v) is 9.72. The molecule has 2 aliphatic rings. The average Bonchev–Trinajstić information content (AvgIpc) is 3.33. The van der Waals surface area contributed by atoms with Gasteiger partial charge >= 0.3 is 11.9 Å². The number of aliphatic carboxylic acids is 2. The molecule has 0 radical (unpaired) electrons. The van der Waals surface area contributed by atoms with Crippen LogP contribution in [0.15, 0.2) is 46.8 Å². The van der Waals surface area contributed by atoms with E-state index in [-0.39, 0.29) is 22.4 Å². The summed E-state index contributed by atoms with van der Waals surface area (Å²) in [6.45, 7) is 1.41. The number of nitrogens with one attached hydrogen (secondary N) is 1. The Labute approximate surface area is 206 Å². The van der Waals surface area contributed by atoms with Gasteiger partial charge in [-0.05, 0) is 28.5 Å². The maximum atomic E-state index is 12.8. The number of carboxylic acid groups (broad SMARTS) is 2. The Bertz CT molecular complexity index is 1200. The zero-order valence-electron chi connectivity index (χ0n) is 18.1. The average molecular weight is 521 g/mol. The molecule has 2 amide bonds. The number of benzene rings is 1. The number of nitrogens with zero attached hydrogens (tertiary/aromatic N) is 5. The van der Waals surface area contributed by atoms with E-state index in [9.17, 15) is 34.5 Å². The predicted molar refractivity (Wildman–Crippen MR) is 122 cm³/mol. The first-order valence-corrected chi connectivity index (χ1v) is 12.3. The molecule has 3 heterocycles. The van der Waals surface area contributed by atoms with Crippen LogP contribution in [0.25, 0.3) is 0 Å². The normalized spacial score (nSPS) is 21.1. The molecule has 15 heteroatoms. The number of thioether (sulfide) groups is 2. The van der Waals surface area contributed by atoms with Crippen molar-refractivity contribution in [2.75, 3.05) is 11.5 Å². The molecule has 1 aromatic heterocycles. The molecule has 1 saturated heterocycles. The zero-order valence-corrected chi connectivity index (χ0v) is 19.8. The third kappa shape index (κ3) is 4.74. The molecule has 1 aromatic carbocycles. The van der Waals surface area contributed by atoms with E-state index in [1.165, 1.54) is 18.7 Å². The molecule has 4 N–H and O–H groups in total. The van der Waals surface area contributed by atoms with Gasteiger partial charge < -0.3 is 20.6 Å². The summed E-state index contributed by atoms with van der Waals surface area (Å²) in [5.41, 5.74) is 0.615. The Morgan fingerprint density at radius 3 is 2.63 bits per heavy atom. The summed E-state index contributed by atoms with van der Waals surface area (Å²) < 4.78 is 1.12. The molecule has 13 nitrogen and oxygen atoms in total. The van der Waals surface area contributed by atoms with Crippen LogP contribution in [-0.2, 0) is 19.2 Å². The molecule has 4 rings (SSSR count). The van der Waals surface area contributed by atoms with Crippen LogP contribution in [0.2, 0.25) is 0 Å². The summed E-state index contributed by atoms with van der Waals surface area (Å²) in [6, 6.07) is 6.25. The first kappa shape index (κ1) is 24.7. The lowest BCUT2D eigenvalue weighted by molar-refractivity contribution is -0.151. The van der Waals surface area contributed by atoms with Crippen LogP contribution >= 0.6 is 23.5 Å². The van der Waals surface area contributed by atoms with Crippen molar-refractivity contribution in [2.24, 2.45) is 0 Å². The second kappa shape index (κ2) is 10.1. The topological polar surface area (TPSA) is 188 Å². The van der Waals surface area contributed by atoms with Crippen LogP contribution in [0.5, 0.6) is 0 Å². The van der Waals surface area contributed by atoms with E-state index in [4.69, 9.17) is 0 Å². The minimum atomic E-state index is -1.47. The van der Waals surface area contributed by atoms with Gasteiger partial charge in [0.1, 0.15) is 17.1 Å². The Balaban J connectivity index is 1.46. The number of hydrogen-bond acceptors (Lipinski definition) is 10. The Hall–Kier alpha value is -3.43. The predicted octanol–water partition coefficient (Wildman–Crippen LogP) is -0.117. The van der Waals surface area contributed by atoms with Crippen LogP contribution in [0, 0.1) is 0 Å². The lowest BCUT2D eigenvalue weighted by atomic mass is 10.0. The molecule has 184 valence electrons. The standard InChI is InChI=1S/C20H20N6O7S2/c1-9(18(30)31)26-20(22-23-24-26)35-8-11-7-34-17-12(16(29)25(17)13(11)19(32)33)21-15(28)14(27)10-5-3-2-4-6-10/h2-6,9,12,14,17,27H,7-8H2,1H3,(H,21,28)(H,30,31)(H,32,33)/t9?,12?,14-,17-/m1/s1. The summed E-state index contributed by atoms with van der Waals surface area (Å²) >= 11 is 2.33. The van der Waals surface area contributed by atoms with Crippen LogP contribution in [-0.4, -0.2) is 87.1 Å². The number of aliphatic hydroxyl groups excluding tert-OH is 1. The summed E-state index contributed by atoms with van der Waals surface area (Å²) in [6.07, 6.45) is -1.47. The van der Waals surface area contributed by atoms with Crippen molar-refractivity contribution in [1.29, 1.82) is 0 Å². The SMILES string of the molecule is CC(C(=O)O)n1nnnc1SCC1=C(C(=O)O)N2C(=O)C(NC(=O)[C@H](O)c3ccccc3)[C@H]2SC1. The third-order valence-electron chi connectivity index (χ3n) is 5.47. The van der Waals surface area contributed by atoms with E-state index < -0.39 is 47.3 Å². The summed E-state index contributed by atoms with van der Waals surface area (Å²) in [5, 5.41) is 42.3. The van der Waals surface area contributed by atoms with E-state index in [2.05, 4.69) is 20.8 Å². The number of aromatic nitrogens is 4. The van der Waals surface area contributed by atoms with Crippen molar-refractivity contribution in [1.82, 2.24) is 30.4 Å². The van der Waals surface area contributed by atoms with E-state index >= 15 is 0 Å².